The van der Waals surface area contributed by atoms with E-state index in [0.717, 1.165) is 16.9 Å². The molecule has 1 N–H and O–H groups in total. The average molecular weight is 434 g/mol. The lowest BCUT2D eigenvalue weighted by Crippen LogP contribution is -2.16. The van der Waals surface area contributed by atoms with E-state index in [0.29, 0.717) is 11.3 Å². The lowest BCUT2D eigenvalue weighted by atomic mass is 10.1. The molecule has 2 aromatic rings. The van der Waals surface area contributed by atoms with Gasteiger partial charge in [0.15, 0.2) is 0 Å². The molecule has 0 atom stereocenters. The highest BCUT2D eigenvalue weighted by atomic mass is 32.1. The van der Waals surface area contributed by atoms with Crippen molar-refractivity contribution >= 4 is 34.2 Å². The fourth-order valence-electron chi connectivity index (χ4n) is 2.65. The topological polar surface area (TPSA) is 90.9 Å². The summed E-state index contributed by atoms with van der Waals surface area (Å²) in [6.07, 6.45) is 0.107. The molecule has 0 bridgehead atoms. The van der Waals surface area contributed by atoms with Crippen LogP contribution in [0.1, 0.15) is 51.9 Å². The molecule has 1 aromatic carbocycles. The summed E-state index contributed by atoms with van der Waals surface area (Å²) in [5.41, 5.74) is 1.41. The van der Waals surface area contributed by atoms with E-state index in [1.165, 1.54) is 0 Å². The van der Waals surface area contributed by atoms with E-state index < -0.39 is 11.9 Å². The van der Waals surface area contributed by atoms with Gasteiger partial charge in [-0.25, -0.2) is 9.59 Å². The second-order valence-corrected chi connectivity index (χ2v) is 8.07. The quantitative estimate of drug-likeness (QED) is 0.595. The number of hydrogen-bond acceptors (Lipinski definition) is 7. The van der Waals surface area contributed by atoms with Crippen molar-refractivity contribution in [2.45, 2.75) is 34.1 Å². The van der Waals surface area contributed by atoms with Crippen LogP contribution < -0.4 is 10.1 Å². The van der Waals surface area contributed by atoms with Gasteiger partial charge in [0.25, 0.3) is 0 Å². The van der Waals surface area contributed by atoms with E-state index in [1.54, 1.807) is 45.2 Å². The molecule has 0 aliphatic heterocycles. The third-order valence-electron chi connectivity index (χ3n) is 4.14. The van der Waals surface area contributed by atoms with Crippen molar-refractivity contribution in [3.05, 3.63) is 45.8 Å². The van der Waals surface area contributed by atoms with Crippen molar-refractivity contribution < 1.29 is 28.6 Å². The molecule has 162 valence electrons. The first-order valence-electron chi connectivity index (χ1n) is 9.67. The Hall–Kier alpha value is -2.87. The van der Waals surface area contributed by atoms with Crippen molar-refractivity contribution in [3.8, 4) is 5.75 Å². The largest absolute Gasteiger partial charge is 0.497 e. The number of benzene rings is 1. The van der Waals surface area contributed by atoms with Gasteiger partial charge in [0.05, 0.1) is 32.3 Å². The van der Waals surface area contributed by atoms with E-state index >= 15 is 0 Å². The number of methoxy groups -OCH3 is 1. The van der Waals surface area contributed by atoms with Crippen LogP contribution in [-0.4, -0.2) is 38.2 Å². The molecule has 1 amide bonds. The molecule has 30 heavy (non-hydrogen) atoms. The highest BCUT2D eigenvalue weighted by molar-refractivity contribution is 7.18. The minimum atomic E-state index is -0.589. The molecular weight excluding hydrogens is 406 g/mol. The zero-order valence-electron chi connectivity index (χ0n) is 17.9. The summed E-state index contributed by atoms with van der Waals surface area (Å²) in [6, 6.07) is 7.12. The highest BCUT2D eigenvalue weighted by Gasteiger charge is 2.27. The Morgan fingerprint density at radius 3 is 2.30 bits per heavy atom. The highest BCUT2D eigenvalue weighted by Crippen LogP contribution is 2.34. The molecule has 1 aromatic heterocycles. The first-order valence-corrected chi connectivity index (χ1v) is 10.5. The molecule has 0 saturated carbocycles. The molecule has 0 aliphatic rings. The van der Waals surface area contributed by atoms with Crippen molar-refractivity contribution in [1.82, 2.24) is 0 Å². The third kappa shape index (κ3) is 6.06. The number of nitrogens with one attached hydrogen (secondary N) is 1. The maximum Gasteiger partial charge on any atom is 0.348 e. The smallest absolute Gasteiger partial charge is 0.348 e. The molecule has 0 unspecified atom stereocenters. The minimum absolute atomic E-state index is 0.107. The van der Waals surface area contributed by atoms with Gasteiger partial charge in [0.2, 0.25) is 5.91 Å². The van der Waals surface area contributed by atoms with Crippen LogP contribution in [0.3, 0.4) is 0 Å². The Labute approximate surface area is 180 Å². The minimum Gasteiger partial charge on any atom is -0.497 e. The number of ether oxygens (including phenoxy) is 3. The van der Waals surface area contributed by atoms with Gasteiger partial charge in [0.1, 0.15) is 15.6 Å². The first kappa shape index (κ1) is 23.4. The van der Waals surface area contributed by atoms with Crippen molar-refractivity contribution in [2.75, 3.05) is 25.6 Å². The fourth-order valence-corrected chi connectivity index (χ4v) is 3.76. The summed E-state index contributed by atoms with van der Waals surface area (Å²) in [5.74, 6) is -0.542. The number of carbonyl (C=O) groups is 3. The number of anilines is 1. The normalized spacial score (nSPS) is 10.6. The van der Waals surface area contributed by atoms with E-state index in [1.807, 2.05) is 13.8 Å². The van der Waals surface area contributed by atoms with Crippen LogP contribution in [0.15, 0.2) is 24.3 Å². The Bertz CT molecular complexity index is 901. The SMILES string of the molecule is CCOC(=O)c1c(NC(=O)Cc2ccc(OC)cc2)sc(C(=O)OCC(C)C)c1C. The van der Waals surface area contributed by atoms with Crippen LogP contribution in [0, 0.1) is 12.8 Å². The van der Waals surface area contributed by atoms with E-state index in [2.05, 4.69) is 5.32 Å². The van der Waals surface area contributed by atoms with Crippen LogP contribution in [0.4, 0.5) is 5.00 Å². The van der Waals surface area contributed by atoms with Crippen molar-refractivity contribution in [3.63, 3.8) is 0 Å². The van der Waals surface area contributed by atoms with E-state index in [-0.39, 0.29) is 46.9 Å². The number of rotatable bonds is 9. The Balaban J connectivity index is 2.25. The maximum absolute atomic E-state index is 12.6. The predicted molar refractivity (Wildman–Crippen MR) is 115 cm³/mol. The van der Waals surface area contributed by atoms with Gasteiger partial charge in [-0.2, -0.15) is 0 Å². The molecular formula is C22H27NO6S. The lowest BCUT2D eigenvalue weighted by molar-refractivity contribution is -0.115. The van der Waals surface area contributed by atoms with Gasteiger partial charge in [0, 0.05) is 0 Å². The van der Waals surface area contributed by atoms with Crippen LogP contribution in [0.2, 0.25) is 0 Å². The zero-order chi connectivity index (χ0) is 22.3. The second-order valence-electron chi connectivity index (χ2n) is 7.05. The number of thiophene rings is 1. The summed E-state index contributed by atoms with van der Waals surface area (Å²) in [6.45, 7) is 7.66. The average Bonchev–Trinajstić information content (AvgIpc) is 3.02. The van der Waals surface area contributed by atoms with Crippen molar-refractivity contribution in [2.24, 2.45) is 5.92 Å². The fraction of sp³-hybridized carbons (Fsp3) is 0.409. The van der Waals surface area contributed by atoms with Gasteiger partial charge in [-0.05, 0) is 43.0 Å². The molecule has 0 radical (unpaired) electrons. The molecule has 2 rings (SSSR count). The van der Waals surface area contributed by atoms with Gasteiger partial charge in [-0.15, -0.1) is 11.3 Å². The molecule has 0 spiro atoms. The molecule has 0 fully saturated rings. The first-order chi connectivity index (χ1) is 14.3. The third-order valence-corrected chi connectivity index (χ3v) is 5.32. The molecule has 1 heterocycles. The second kappa shape index (κ2) is 10.8. The lowest BCUT2D eigenvalue weighted by Gasteiger charge is -2.08. The Morgan fingerprint density at radius 2 is 1.73 bits per heavy atom. The van der Waals surface area contributed by atoms with Crippen LogP contribution in [0.5, 0.6) is 5.75 Å². The standard InChI is InChI=1S/C22H27NO6S/c1-6-28-21(25)18-14(4)19(22(26)29-12-13(2)3)30-20(18)23-17(24)11-15-7-9-16(27-5)10-8-15/h7-10,13H,6,11-12H2,1-5H3,(H,23,24). The van der Waals surface area contributed by atoms with Crippen LogP contribution in [-0.2, 0) is 20.7 Å². The molecule has 8 heteroatoms. The Morgan fingerprint density at radius 1 is 1.07 bits per heavy atom. The zero-order valence-corrected chi connectivity index (χ0v) is 18.7. The summed E-state index contributed by atoms with van der Waals surface area (Å²) in [5, 5.41) is 3.03. The number of esters is 2. The Kier molecular flexibility index (Phi) is 8.41. The summed E-state index contributed by atoms with van der Waals surface area (Å²) in [7, 11) is 1.57. The summed E-state index contributed by atoms with van der Waals surface area (Å²) >= 11 is 1.02. The molecule has 0 aliphatic carbocycles. The maximum atomic E-state index is 12.6. The summed E-state index contributed by atoms with van der Waals surface area (Å²) in [4.78, 5) is 37.8. The number of hydrogen-bond donors (Lipinski definition) is 1. The van der Waals surface area contributed by atoms with Crippen LogP contribution in [0.25, 0.3) is 0 Å². The van der Waals surface area contributed by atoms with Gasteiger partial charge >= 0.3 is 11.9 Å². The predicted octanol–water partition coefficient (Wildman–Crippen LogP) is 4.24. The van der Waals surface area contributed by atoms with Gasteiger partial charge < -0.3 is 19.5 Å². The monoisotopic (exact) mass is 433 g/mol. The van der Waals surface area contributed by atoms with Crippen LogP contribution >= 0.6 is 11.3 Å². The van der Waals surface area contributed by atoms with Gasteiger partial charge in [-0.3, -0.25) is 4.79 Å². The number of carbonyl (C=O) groups excluding carboxylic acids is 3. The van der Waals surface area contributed by atoms with Crippen molar-refractivity contribution in [1.29, 1.82) is 0 Å². The molecule has 0 saturated heterocycles. The number of amides is 1. The summed E-state index contributed by atoms with van der Waals surface area (Å²) < 4.78 is 15.5. The molecule has 7 nitrogen and oxygen atoms in total. The van der Waals surface area contributed by atoms with E-state index in [4.69, 9.17) is 14.2 Å². The van der Waals surface area contributed by atoms with Gasteiger partial charge in [-0.1, -0.05) is 26.0 Å². The van der Waals surface area contributed by atoms with E-state index in [9.17, 15) is 14.4 Å².